The number of aromatic nitrogens is 2. The van der Waals surface area contributed by atoms with E-state index in [1.807, 2.05) is 19.1 Å². The third kappa shape index (κ3) is 4.69. The van der Waals surface area contributed by atoms with Gasteiger partial charge in [-0.3, -0.25) is 4.79 Å². The van der Waals surface area contributed by atoms with Gasteiger partial charge in [-0.15, -0.1) is 0 Å². The molecular weight excluding hydrogens is 418 g/mol. The highest BCUT2D eigenvalue weighted by molar-refractivity contribution is 8.00. The largest absolute Gasteiger partial charge is 0.538 e. The van der Waals surface area contributed by atoms with Crippen LogP contribution in [0.5, 0.6) is 5.95 Å². The maximum Gasteiger partial charge on any atom is 0.337 e. The van der Waals surface area contributed by atoms with Crippen LogP contribution in [-0.4, -0.2) is 27.5 Å². The average Bonchev–Trinajstić information content (AvgIpc) is 3.04. The Bertz CT molecular complexity index is 1070. The zero-order chi connectivity index (χ0) is 21.1. The fraction of sp³-hybridized carbons (Fsp3) is 0.158. The van der Waals surface area contributed by atoms with Gasteiger partial charge in [0.25, 0.3) is 5.03 Å². The molecule has 0 aliphatic carbocycles. The second-order valence-corrected chi connectivity index (χ2v) is 7.90. The summed E-state index contributed by atoms with van der Waals surface area (Å²) in [5.74, 6) is -2.28. The van der Waals surface area contributed by atoms with Crippen molar-refractivity contribution in [2.45, 2.75) is 24.1 Å². The minimum atomic E-state index is -1.20. The molecule has 0 fully saturated rings. The molecule has 1 amide bonds. The number of thioether (sulfide) groups is 1. The molecule has 1 aromatic heterocycles. The molecule has 10 heteroatoms. The lowest BCUT2D eigenvalue weighted by Gasteiger charge is -2.11. The third-order valence-corrected chi connectivity index (χ3v) is 5.43. The van der Waals surface area contributed by atoms with E-state index in [1.165, 1.54) is 22.9 Å². The van der Waals surface area contributed by atoms with Crippen LogP contribution in [0.3, 0.4) is 0 Å². The smallest absolute Gasteiger partial charge is 0.337 e. The summed E-state index contributed by atoms with van der Waals surface area (Å²) in [6.07, 6.45) is 0. The van der Waals surface area contributed by atoms with Crippen molar-refractivity contribution in [1.82, 2.24) is 5.27 Å². The SMILES string of the molecule is Cc1ccc(-[n+]2noc([O-])c2SC(C)C(=O)Nc2ccc(Cl)c(C(=O)O)c2)cc1. The van der Waals surface area contributed by atoms with Crippen molar-refractivity contribution in [1.29, 1.82) is 0 Å². The van der Waals surface area contributed by atoms with Crippen molar-refractivity contribution < 1.29 is 29.0 Å². The number of carbonyl (C=O) groups excluding carboxylic acids is 1. The molecule has 29 heavy (non-hydrogen) atoms. The molecule has 0 saturated carbocycles. The van der Waals surface area contributed by atoms with E-state index < -0.39 is 23.1 Å². The second kappa shape index (κ2) is 8.54. The molecule has 2 aromatic carbocycles. The van der Waals surface area contributed by atoms with Crippen LogP contribution in [0.4, 0.5) is 5.69 Å². The number of benzene rings is 2. The number of carboxylic acid groups (broad SMARTS) is 1. The van der Waals surface area contributed by atoms with Gasteiger partial charge < -0.3 is 20.1 Å². The standard InChI is InChI=1S/C19H16ClN3O5S/c1-10-3-6-13(7-4-10)23-17(19(27)28-22-23)29-11(2)16(24)21-12-5-8-15(20)14(9-12)18(25)26/h3-9,11H,1-2H3,(H2-,21,22,24,25,26,27). The Balaban J connectivity index is 1.77. The topological polar surface area (TPSA) is 119 Å². The molecule has 3 rings (SSSR count). The number of aryl methyl sites for hydroxylation is 1. The Hall–Kier alpha value is -3.04. The summed E-state index contributed by atoms with van der Waals surface area (Å²) in [5, 5.41) is 27.1. The molecule has 0 radical (unpaired) electrons. The Morgan fingerprint density at radius 2 is 1.97 bits per heavy atom. The van der Waals surface area contributed by atoms with Gasteiger partial charge in [0.2, 0.25) is 11.6 Å². The molecule has 3 aromatic rings. The van der Waals surface area contributed by atoms with Crippen LogP contribution in [0.25, 0.3) is 5.69 Å². The first-order valence-corrected chi connectivity index (χ1v) is 9.68. The molecule has 150 valence electrons. The molecule has 1 heterocycles. The normalized spacial score (nSPS) is 11.8. The van der Waals surface area contributed by atoms with Crippen LogP contribution in [-0.2, 0) is 4.79 Å². The van der Waals surface area contributed by atoms with Gasteiger partial charge in [0.1, 0.15) is 0 Å². The highest BCUT2D eigenvalue weighted by Gasteiger charge is 2.26. The quantitative estimate of drug-likeness (QED) is 0.453. The maximum atomic E-state index is 12.5. The number of hydrogen-bond donors (Lipinski definition) is 2. The molecule has 1 unspecified atom stereocenters. The number of nitrogens with one attached hydrogen (secondary N) is 1. The van der Waals surface area contributed by atoms with Crippen LogP contribution in [0, 0.1) is 6.92 Å². The first kappa shape index (κ1) is 20.7. The molecule has 0 spiro atoms. The molecule has 2 N–H and O–H groups in total. The van der Waals surface area contributed by atoms with Crippen molar-refractivity contribution in [3.8, 4) is 11.6 Å². The summed E-state index contributed by atoms with van der Waals surface area (Å²) >= 11 is 6.82. The lowest BCUT2D eigenvalue weighted by Crippen LogP contribution is -2.36. The van der Waals surface area contributed by atoms with E-state index in [0.29, 0.717) is 5.69 Å². The van der Waals surface area contributed by atoms with E-state index in [0.717, 1.165) is 17.3 Å². The molecule has 0 aliphatic heterocycles. The minimum absolute atomic E-state index is 0.0672. The monoisotopic (exact) mass is 433 g/mol. The predicted molar refractivity (Wildman–Crippen MR) is 105 cm³/mol. The number of nitrogens with zero attached hydrogens (tertiary/aromatic N) is 2. The molecule has 8 nitrogen and oxygen atoms in total. The van der Waals surface area contributed by atoms with Crippen molar-refractivity contribution in [3.63, 3.8) is 0 Å². The third-order valence-electron chi connectivity index (χ3n) is 3.97. The summed E-state index contributed by atoms with van der Waals surface area (Å²) in [6.45, 7) is 3.55. The first-order valence-electron chi connectivity index (χ1n) is 8.42. The van der Waals surface area contributed by atoms with Crippen molar-refractivity contribution in [3.05, 3.63) is 58.6 Å². The van der Waals surface area contributed by atoms with E-state index in [1.54, 1.807) is 19.1 Å². The van der Waals surface area contributed by atoms with Gasteiger partial charge in [-0.25, -0.2) is 4.79 Å². The lowest BCUT2D eigenvalue weighted by atomic mass is 10.2. The van der Waals surface area contributed by atoms with Crippen LogP contribution in [0.2, 0.25) is 5.02 Å². The minimum Gasteiger partial charge on any atom is -0.538 e. The van der Waals surface area contributed by atoms with Gasteiger partial charge in [-0.1, -0.05) is 29.3 Å². The number of aromatic carboxylic acids is 1. The van der Waals surface area contributed by atoms with E-state index in [4.69, 9.17) is 21.2 Å². The molecule has 0 bridgehead atoms. The zero-order valence-corrected chi connectivity index (χ0v) is 17.0. The number of rotatable bonds is 6. The summed E-state index contributed by atoms with van der Waals surface area (Å²) < 4.78 is 6.09. The fourth-order valence-corrected chi connectivity index (χ4v) is 3.49. The van der Waals surface area contributed by atoms with Gasteiger partial charge in [-0.05, 0) is 48.5 Å². The number of carboxylic acids is 1. The van der Waals surface area contributed by atoms with Crippen LogP contribution in [0.15, 0.2) is 52.0 Å². The van der Waals surface area contributed by atoms with E-state index >= 15 is 0 Å². The Morgan fingerprint density at radius 1 is 1.28 bits per heavy atom. The van der Waals surface area contributed by atoms with Gasteiger partial charge in [0, 0.05) is 17.8 Å². The maximum absolute atomic E-state index is 12.5. The van der Waals surface area contributed by atoms with E-state index in [2.05, 4.69) is 10.6 Å². The van der Waals surface area contributed by atoms with Gasteiger partial charge in [0.05, 0.1) is 21.1 Å². The number of amides is 1. The Labute approximate surface area is 175 Å². The number of carbonyl (C=O) groups is 2. The lowest BCUT2D eigenvalue weighted by molar-refractivity contribution is -0.705. The molecule has 1 atom stereocenters. The molecule has 0 saturated heterocycles. The summed E-state index contributed by atoms with van der Waals surface area (Å²) in [5.41, 5.74) is 1.83. The summed E-state index contributed by atoms with van der Waals surface area (Å²) in [6, 6.07) is 11.5. The average molecular weight is 434 g/mol. The van der Waals surface area contributed by atoms with Crippen LogP contribution >= 0.6 is 23.4 Å². The fourth-order valence-electron chi connectivity index (χ4n) is 2.42. The Morgan fingerprint density at radius 3 is 2.62 bits per heavy atom. The van der Waals surface area contributed by atoms with Crippen LogP contribution < -0.4 is 15.1 Å². The van der Waals surface area contributed by atoms with Crippen molar-refractivity contribution in [2.75, 3.05) is 5.32 Å². The second-order valence-electron chi connectivity index (χ2n) is 6.16. The molecule has 0 aliphatic rings. The van der Waals surface area contributed by atoms with Crippen LogP contribution in [0.1, 0.15) is 22.8 Å². The van der Waals surface area contributed by atoms with Gasteiger partial charge in [-0.2, -0.15) is 0 Å². The highest BCUT2D eigenvalue weighted by Crippen LogP contribution is 2.28. The Kier molecular flexibility index (Phi) is 6.09. The highest BCUT2D eigenvalue weighted by atomic mass is 35.5. The van der Waals surface area contributed by atoms with Gasteiger partial charge >= 0.3 is 5.97 Å². The number of anilines is 1. The van der Waals surface area contributed by atoms with E-state index in [-0.39, 0.29) is 21.3 Å². The summed E-state index contributed by atoms with van der Waals surface area (Å²) in [4.78, 5) is 23.7. The van der Waals surface area contributed by atoms with Crippen molar-refractivity contribution >= 4 is 40.9 Å². The number of halogens is 1. The summed E-state index contributed by atoms with van der Waals surface area (Å²) in [7, 11) is 0. The number of hydrogen-bond acceptors (Lipinski definition) is 6. The zero-order valence-electron chi connectivity index (χ0n) is 15.4. The van der Waals surface area contributed by atoms with Gasteiger partial charge in [0.15, 0.2) is 5.95 Å². The van der Waals surface area contributed by atoms with E-state index in [9.17, 15) is 14.7 Å². The molecular formula is C19H16ClN3O5S. The predicted octanol–water partition coefficient (Wildman–Crippen LogP) is 2.80. The first-order chi connectivity index (χ1) is 13.8. The van der Waals surface area contributed by atoms with Crippen molar-refractivity contribution in [2.24, 2.45) is 0 Å².